The Morgan fingerprint density at radius 1 is 1.15 bits per heavy atom. The molecule has 0 aromatic heterocycles. The van der Waals surface area contributed by atoms with Crippen LogP contribution in [0.2, 0.25) is 0 Å². The lowest BCUT2D eigenvalue weighted by Gasteiger charge is -2.27. The lowest BCUT2D eigenvalue weighted by Crippen LogP contribution is -2.50. The van der Waals surface area contributed by atoms with Crippen LogP contribution < -0.4 is 10.4 Å². The number of esters is 1. The third-order valence-corrected chi connectivity index (χ3v) is 3.90. The van der Waals surface area contributed by atoms with E-state index >= 15 is 0 Å². The molecule has 0 aliphatic carbocycles. The Labute approximate surface area is 153 Å². The van der Waals surface area contributed by atoms with Crippen molar-refractivity contribution in [2.45, 2.75) is 19.4 Å². The number of rotatable bonds is 5. The molecule has 1 aliphatic heterocycles. The molecular formula is C18H15N3O6. The van der Waals surface area contributed by atoms with Gasteiger partial charge in [-0.15, -0.1) is 0 Å². The second kappa shape index (κ2) is 7.65. The number of nitro groups is 1. The van der Waals surface area contributed by atoms with E-state index in [4.69, 9.17) is 4.74 Å². The van der Waals surface area contributed by atoms with Crippen molar-refractivity contribution in [2.24, 2.45) is 0 Å². The van der Waals surface area contributed by atoms with Gasteiger partial charge in [0.05, 0.1) is 16.2 Å². The number of carbonyl (C=O) groups is 3. The number of nitro benzene ring substituents is 1. The molecule has 0 radical (unpaired) electrons. The zero-order valence-corrected chi connectivity index (χ0v) is 14.1. The van der Waals surface area contributed by atoms with E-state index in [9.17, 15) is 24.5 Å². The van der Waals surface area contributed by atoms with Crippen molar-refractivity contribution in [2.75, 3.05) is 5.01 Å². The molecule has 0 unspecified atom stereocenters. The van der Waals surface area contributed by atoms with Gasteiger partial charge in [0.2, 0.25) is 11.8 Å². The van der Waals surface area contributed by atoms with Crippen molar-refractivity contribution in [1.29, 1.82) is 0 Å². The number of benzene rings is 2. The summed E-state index contributed by atoms with van der Waals surface area (Å²) < 4.78 is 5.16. The van der Waals surface area contributed by atoms with E-state index in [-0.39, 0.29) is 42.5 Å². The second-order valence-electron chi connectivity index (χ2n) is 5.81. The summed E-state index contributed by atoms with van der Waals surface area (Å²) in [6.07, 6.45) is 0.274. The molecule has 9 nitrogen and oxygen atoms in total. The first kappa shape index (κ1) is 18.1. The zero-order valence-electron chi connectivity index (χ0n) is 14.1. The lowest BCUT2D eigenvalue weighted by atomic mass is 10.1. The van der Waals surface area contributed by atoms with E-state index < -0.39 is 10.9 Å². The van der Waals surface area contributed by atoms with Gasteiger partial charge >= 0.3 is 5.97 Å². The number of ether oxygens (including phenoxy) is 1. The highest BCUT2D eigenvalue weighted by molar-refractivity contribution is 6.01. The number of non-ortho nitro benzene ring substituents is 1. The van der Waals surface area contributed by atoms with Crippen LogP contribution in [-0.2, 0) is 20.9 Å². The summed E-state index contributed by atoms with van der Waals surface area (Å²) in [5, 5.41) is 11.9. The number of nitrogens with zero attached hydrogens (tertiary/aromatic N) is 2. The predicted molar refractivity (Wildman–Crippen MR) is 93.5 cm³/mol. The largest absolute Gasteiger partial charge is 0.457 e. The molecule has 3 rings (SSSR count). The zero-order chi connectivity index (χ0) is 19.4. The van der Waals surface area contributed by atoms with Gasteiger partial charge < -0.3 is 4.74 Å². The first-order valence-corrected chi connectivity index (χ1v) is 8.07. The topological polar surface area (TPSA) is 119 Å². The third-order valence-electron chi connectivity index (χ3n) is 3.90. The van der Waals surface area contributed by atoms with Crippen LogP contribution in [-0.4, -0.2) is 22.7 Å². The Bertz CT molecular complexity index is 910. The molecule has 1 aliphatic rings. The number of amides is 2. The highest BCUT2D eigenvalue weighted by atomic mass is 16.6. The van der Waals surface area contributed by atoms with Crippen LogP contribution in [0.3, 0.4) is 0 Å². The van der Waals surface area contributed by atoms with E-state index in [1.165, 1.54) is 42.5 Å². The van der Waals surface area contributed by atoms with Gasteiger partial charge in [0, 0.05) is 25.0 Å². The molecule has 2 aromatic rings. The smallest absolute Gasteiger partial charge is 0.338 e. The minimum Gasteiger partial charge on any atom is -0.457 e. The Kier molecular flexibility index (Phi) is 5.11. The summed E-state index contributed by atoms with van der Waals surface area (Å²) in [7, 11) is 0. The number of hydrogen-bond donors (Lipinski definition) is 1. The van der Waals surface area contributed by atoms with Crippen molar-refractivity contribution >= 4 is 29.2 Å². The fourth-order valence-electron chi connectivity index (χ4n) is 2.52. The van der Waals surface area contributed by atoms with Crippen LogP contribution in [0.4, 0.5) is 11.4 Å². The van der Waals surface area contributed by atoms with Crippen LogP contribution in [0.5, 0.6) is 0 Å². The molecule has 9 heteroatoms. The summed E-state index contributed by atoms with van der Waals surface area (Å²) in [6.45, 7) is -0.108. The maximum absolute atomic E-state index is 12.1. The van der Waals surface area contributed by atoms with Crippen molar-refractivity contribution < 1.29 is 24.0 Å². The molecule has 138 valence electrons. The number of hydrazine groups is 1. The van der Waals surface area contributed by atoms with Gasteiger partial charge in [-0.3, -0.25) is 25.1 Å². The average molecular weight is 369 g/mol. The maximum Gasteiger partial charge on any atom is 0.338 e. The van der Waals surface area contributed by atoms with Gasteiger partial charge in [0.25, 0.3) is 5.69 Å². The lowest BCUT2D eigenvalue weighted by molar-refractivity contribution is -0.384. The normalized spacial score (nSPS) is 13.9. The second-order valence-corrected chi connectivity index (χ2v) is 5.81. The fourth-order valence-corrected chi connectivity index (χ4v) is 2.52. The molecule has 2 amide bonds. The number of nitrogens with one attached hydrogen (secondary N) is 1. The van der Waals surface area contributed by atoms with Gasteiger partial charge in [-0.2, -0.15) is 0 Å². The standard InChI is InChI=1S/C18H15N3O6/c22-16-8-9-17(23)20(19-16)14-6-4-13(5-7-14)18(24)27-11-12-2-1-3-15(10-12)21(25)26/h1-7,10H,8-9,11H2,(H,19,22). The molecule has 1 fully saturated rings. The van der Waals surface area contributed by atoms with Crippen LogP contribution in [0.1, 0.15) is 28.8 Å². The molecule has 0 atom stereocenters. The molecule has 1 N–H and O–H groups in total. The Hall–Kier alpha value is -3.75. The maximum atomic E-state index is 12.1. The summed E-state index contributed by atoms with van der Waals surface area (Å²) >= 11 is 0. The predicted octanol–water partition coefficient (Wildman–Crippen LogP) is 2.11. The Morgan fingerprint density at radius 2 is 1.89 bits per heavy atom. The highest BCUT2D eigenvalue weighted by Gasteiger charge is 2.24. The number of carbonyl (C=O) groups excluding carboxylic acids is 3. The molecule has 2 aromatic carbocycles. The minimum atomic E-state index is -0.609. The first-order valence-electron chi connectivity index (χ1n) is 8.07. The molecule has 1 saturated heterocycles. The molecular weight excluding hydrogens is 354 g/mol. The average Bonchev–Trinajstić information content (AvgIpc) is 2.68. The van der Waals surface area contributed by atoms with Crippen LogP contribution in [0.25, 0.3) is 0 Å². The molecule has 1 heterocycles. The van der Waals surface area contributed by atoms with Gasteiger partial charge in [-0.05, 0) is 29.8 Å². The monoisotopic (exact) mass is 369 g/mol. The van der Waals surface area contributed by atoms with Gasteiger partial charge in [0.1, 0.15) is 6.61 Å². The van der Waals surface area contributed by atoms with E-state index in [1.54, 1.807) is 6.07 Å². The summed E-state index contributed by atoms with van der Waals surface area (Å²) in [6, 6.07) is 11.8. The fraction of sp³-hybridized carbons (Fsp3) is 0.167. The quantitative estimate of drug-likeness (QED) is 0.490. The third kappa shape index (κ3) is 4.27. The summed E-state index contributed by atoms with van der Waals surface area (Å²) in [5.74, 6) is -1.10. The first-order chi connectivity index (χ1) is 12.9. The summed E-state index contributed by atoms with van der Waals surface area (Å²) in [4.78, 5) is 45.7. The molecule has 0 saturated carbocycles. The van der Waals surface area contributed by atoms with Crippen molar-refractivity contribution in [3.8, 4) is 0 Å². The van der Waals surface area contributed by atoms with E-state index in [1.807, 2.05) is 0 Å². The van der Waals surface area contributed by atoms with Crippen molar-refractivity contribution in [3.63, 3.8) is 0 Å². The van der Waals surface area contributed by atoms with Crippen LogP contribution in [0.15, 0.2) is 48.5 Å². The Balaban J connectivity index is 1.64. The molecule has 0 bridgehead atoms. The number of anilines is 1. The van der Waals surface area contributed by atoms with Crippen LogP contribution in [0, 0.1) is 10.1 Å². The number of hydrogen-bond acceptors (Lipinski definition) is 6. The SMILES string of the molecule is O=C1CCC(=O)N(c2ccc(C(=O)OCc3cccc([N+](=O)[O-])c3)cc2)N1. The van der Waals surface area contributed by atoms with Gasteiger partial charge in [0.15, 0.2) is 0 Å². The Morgan fingerprint density at radius 3 is 2.59 bits per heavy atom. The highest BCUT2D eigenvalue weighted by Crippen LogP contribution is 2.19. The van der Waals surface area contributed by atoms with E-state index in [0.29, 0.717) is 11.3 Å². The van der Waals surface area contributed by atoms with E-state index in [0.717, 1.165) is 5.01 Å². The van der Waals surface area contributed by atoms with Crippen molar-refractivity contribution in [3.05, 3.63) is 69.8 Å². The van der Waals surface area contributed by atoms with Crippen molar-refractivity contribution in [1.82, 2.24) is 5.43 Å². The van der Waals surface area contributed by atoms with Gasteiger partial charge in [-0.1, -0.05) is 12.1 Å². The molecule has 0 spiro atoms. The van der Waals surface area contributed by atoms with E-state index in [2.05, 4.69) is 5.43 Å². The van der Waals surface area contributed by atoms with Crippen LogP contribution >= 0.6 is 0 Å². The minimum absolute atomic E-state index is 0.0823. The molecule has 27 heavy (non-hydrogen) atoms. The van der Waals surface area contributed by atoms with Gasteiger partial charge in [-0.25, -0.2) is 9.80 Å². The summed E-state index contributed by atoms with van der Waals surface area (Å²) in [5.41, 5.74) is 3.56.